The first kappa shape index (κ1) is 28.5. The maximum absolute atomic E-state index is 12.0. The molecule has 33 heavy (non-hydrogen) atoms. The minimum atomic E-state index is -0.0390. The van der Waals surface area contributed by atoms with Crippen LogP contribution >= 0.6 is 24.0 Å². The molecule has 2 rings (SSSR count). The third kappa shape index (κ3) is 10.3. The Morgan fingerprint density at radius 2 is 1.76 bits per heavy atom. The molecule has 0 unspecified atom stereocenters. The van der Waals surface area contributed by atoms with Crippen LogP contribution in [-0.4, -0.2) is 64.8 Å². The molecule has 0 heterocycles. The number of amides is 1. The van der Waals surface area contributed by atoms with E-state index in [-0.39, 0.29) is 36.4 Å². The van der Waals surface area contributed by atoms with Crippen molar-refractivity contribution in [2.75, 3.05) is 48.1 Å². The Hall–Kier alpha value is -2.53. The molecule has 2 aromatic carbocycles. The summed E-state index contributed by atoms with van der Waals surface area (Å²) in [6, 6.07) is 13.8. The highest BCUT2D eigenvalue weighted by molar-refractivity contribution is 14.0. The molecule has 8 nitrogen and oxygen atoms in total. The van der Waals surface area contributed by atoms with Crippen LogP contribution in [0.3, 0.4) is 0 Å². The number of benzene rings is 2. The van der Waals surface area contributed by atoms with E-state index >= 15 is 0 Å². The third-order valence-corrected chi connectivity index (χ3v) is 4.70. The van der Waals surface area contributed by atoms with E-state index in [0.29, 0.717) is 32.3 Å². The topological polar surface area (TPSA) is 84.4 Å². The first-order valence-electron chi connectivity index (χ1n) is 10.5. The highest BCUT2D eigenvalue weighted by Crippen LogP contribution is 2.20. The second-order valence-electron chi connectivity index (χ2n) is 7.46. The number of nitrogens with one attached hydrogen (secondary N) is 2. The van der Waals surface area contributed by atoms with Gasteiger partial charge in [0.1, 0.15) is 18.1 Å². The average Bonchev–Trinajstić information content (AvgIpc) is 2.79. The quantitative estimate of drug-likeness (QED) is 0.187. The predicted octanol–water partition coefficient (Wildman–Crippen LogP) is 2.97. The number of aliphatic imine (C=N–C) groups is 1. The number of rotatable bonds is 11. The van der Waals surface area contributed by atoms with Crippen molar-refractivity contribution in [3.8, 4) is 11.5 Å². The first-order chi connectivity index (χ1) is 15.4. The van der Waals surface area contributed by atoms with Gasteiger partial charge < -0.3 is 29.7 Å². The van der Waals surface area contributed by atoms with Gasteiger partial charge >= 0.3 is 0 Å². The van der Waals surface area contributed by atoms with Crippen molar-refractivity contribution in [1.29, 1.82) is 0 Å². The van der Waals surface area contributed by atoms with E-state index < -0.39 is 0 Å². The Bertz CT molecular complexity index is 889. The number of carbonyl (C=O) groups excluding carboxylic acids is 1. The third-order valence-electron chi connectivity index (χ3n) is 4.70. The average molecular weight is 570 g/mol. The monoisotopic (exact) mass is 570 g/mol. The van der Waals surface area contributed by atoms with Crippen LogP contribution in [0.25, 0.3) is 0 Å². The number of guanidine groups is 1. The standard InChI is InChI=1S/C24H34N4O4.HI/c1-18-6-9-20(22(14-18)32-13-12-30-4)16-26-24(27-17-23(29)28(2)3)25-15-19-7-10-21(31-5)11-8-19;/h6-11,14H,12-13,15-17H2,1-5H3,(H2,25,26,27);1H. The molecule has 0 aliphatic carbocycles. The minimum absolute atomic E-state index is 0. The van der Waals surface area contributed by atoms with Gasteiger partial charge in [0, 0.05) is 33.3 Å². The van der Waals surface area contributed by atoms with Crippen LogP contribution in [0.15, 0.2) is 47.5 Å². The molecule has 0 aliphatic heterocycles. The summed E-state index contributed by atoms with van der Waals surface area (Å²) >= 11 is 0. The summed E-state index contributed by atoms with van der Waals surface area (Å²) in [5.41, 5.74) is 3.14. The van der Waals surface area contributed by atoms with E-state index in [2.05, 4.69) is 15.6 Å². The molecule has 0 aromatic heterocycles. The zero-order chi connectivity index (χ0) is 23.3. The smallest absolute Gasteiger partial charge is 0.241 e. The van der Waals surface area contributed by atoms with Gasteiger partial charge in [-0.15, -0.1) is 24.0 Å². The van der Waals surface area contributed by atoms with Gasteiger partial charge in [-0.25, -0.2) is 4.99 Å². The van der Waals surface area contributed by atoms with Crippen LogP contribution in [0.5, 0.6) is 11.5 Å². The molecule has 0 saturated carbocycles. The zero-order valence-electron chi connectivity index (χ0n) is 20.0. The largest absolute Gasteiger partial charge is 0.497 e. The van der Waals surface area contributed by atoms with Crippen LogP contribution in [0, 0.1) is 6.92 Å². The SMILES string of the molecule is COCCOc1cc(C)ccc1CNC(=NCc1ccc(OC)cc1)NCC(=O)N(C)C.I. The number of carbonyl (C=O) groups is 1. The number of halogens is 1. The lowest BCUT2D eigenvalue weighted by Crippen LogP contribution is -2.42. The predicted molar refractivity (Wildman–Crippen MR) is 142 cm³/mol. The van der Waals surface area contributed by atoms with Crippen LogP contribution in [0.2, 0.25) is 0 Å². The van der Waals surface area contributed by atoms with Gasteiger partial charge in [-0.1, -0.05) is 24.3 Å². The first-order valence-corrected chi connectivity index (χ1v) is 10.5. The van der Waals surface area contributed by atoms with Gasteiger partial charge in [-0.3, -0.25) is 4.79 Å². The summed E-state index contributed by atoms with van der Waals surface area (Å²) < 4.78 is 16.2. The number of likely N-dealkylation sites (N-methyl/N-ethyl adjacent to an activating group) is 1. The maximum Gasteiger partial charge on any atom is 0.241 e. The number of methoxy groups -OCH3 is 2. The Morgan fingerprint density at radius 3 is 2.39 bits per heavy atom. The Balaban J connectivity index is 0.00000544. The van der Waals surface area contributed by atoms with Crippen LogP contribution in [-0.2, 0) is 22.6 Å². The van der Waals surface area contributed by atoms with Crippen molar-refractivity contribution in [3.63, 3.8) is 0 Å². The summed E-state index contributed by atoms with van der Waals surface area (Å²) in [4.78, 5) is 18.2. The van der Waals surface area contributed by atoms with Crippen molar-refractivity contribution < 1.29 is 19.0 Å². The lowest BCUT2D eigenvalue weighted by atomic mass is 10.1. The molecule has 0 radical (unpaired) electrons. The molecule has 0 saturated heterocycles. The lowest BCUT2D eigenvalue weighted by molar-refractivity contribution is -0.127. The molecule has 0 spiro atoms. The van der Waals surface area contributed by atoms with Gasteiger partial charge in [-0.05, 0) is 36.2 Å². The number of hydrogen-bond acceptors (Lipinski definition) is 5. The molecule has 0 bridgehead atoms. The Labute approximate surface area is 213 Å². The lowest BCUT2D eigenvalue weighted by Gasteiger charge is -2.17. The summed E-state index contributed by atoms with van der Waals surface area (Å²) in [7, 11) is 6.73. The van der Waals surface area contributed by atoms with Crippen molar-refractivity contribution in [2.24, 2.45) is 4.99 Å². The molecular formula is C24H35IN4O4. The molecule has 2 aromatic rings. The van der Waals surface area contributed by atoms with Crippen LogP contribution < -0.4 is 20.1 Å². The van der Waals surface area contributed by atoms with Gasteiger partial charge in [0.2, 0.25) is 5.91 Å². The molecule has 1 amide bonds. The number of nitrogens with zero attached hydrogens (tertiary/aromatic N) is 2. The number of ether oxygens (including phenoxy) is 3. The van der Waals surface area contributed by atoms with Gasteiger partial charge in [0.15, 0.2) is 5.96 Å². The van der Waals surface area contributed by atoms with Crippen LogP contribution in [0.1, 0.15) is 16.7 Å². The van der Waals surface area contributed by atoms with E-state index in [4.69, 9.17) is 14.2 Å². The molecule has 2 N–H and O–H groups in total. The number of aryl methyl sites for hydroxylation is 1. The van der Waals surface area contributed by atoms with Gasteiger partial charge in [0.05, 0.1) is 26.8 Å². The van der Waals surface area contributed by atoms with Crippen molar-refractivity contribution in [3.05, 3.63) is 59.2 Å². The van der Waals surface area contributed by atoms with Crippen molar-refractivity contribution in [2.45, 2.75) is 20.0 Å². The fraction of sp³-hybridized carbons (Fsp3) is 0.417. The van der Waals surface area contributed by atoms with Gasteiger partial charge in [0.25, 0.3) is 0 Å². The molecule has 182 valence electrons. The summed E-state index contributed by atoms with van der Waals surface area (Å²) in [6.45, 7) is 4.11. The highest BCUT2D eigenvalue weighted by atomic mass is 127. The van der Waals surface area contributed by atoms with E-state index in [1.54, 1.807) is 28.3 Å². The minimum Gasteiger partial charge on any atom is -0.497 e. The molecular weight excluding hydrogens is 535 g/mol. The van der Waals surface area contributed by atoms with Crippen molar-refractivity contribution >= 4 is 35.8 Å². The normalized spacial score (nSPS) is 10.8. The van der Waals surface area contributed by atoms with Crippen molar-refractivity contribution in [1.82, 2.24) is 15.5 Å². The molecule has 9 heteroatoms. The van der Waals surface area contributed by atoms with E-state index in [1.165, 1.54) is 4.90 Å². The molecule has 0 fully saturated rings. The zero-order valence-corrected chi connectivity index (χ0v) is 22.3. The maximum atomic E-state index is 12.0. The molecule has 0 aliphatic rings. The fourth-order valence-corrected chi connectivity index (χ4v) is 2.75. The fourth-order valence-electron chi connectivity index (χ4n) is 2.75. The molecule has 0 atom stereocenters. The van der Waals surface area contributed by atoms with E-state index in [1.807, 2.05) is 49.4 Å². The Morgan fingerprint density at radius 1 is 1.03 bits per heavy atom. The van der Waals surface area contributed by atoms with Crippen LogP contribution in [0.4, 0.5) is 0 Å². The van der Waals surface area contributed by atoms with E-state index in [0.717, 1.165) is 28.2 Å². The highest BCUT2D eigenvalue weighted by Gasteiger charge is 2.09. The van der Waals surface area contributed by atoms with E-state index in [9.17, 15) is 4.79 Å². The summed E-state index contributed by atoms with van der Waals surface area (Å²) in [5, 5.41) is 6.41. The second-order valence-corrected chi connectivity index (χ2v) is 7.46. The second kappa shape index (κ2) is 15.3. The summed E-state index contributed by atoms with van der Waals surface area (Å²) in [5.74, 6) is 2.10. The Kier molecular flexibility index (Phi) is 13.2. The van der Waals surface area contributed by atoms with Gasteiger partial charge in [-0.2, -0.15) is 0 Å². The number of hydrogen-bond donors (Lipinski definition) is 2. The summed E-state index contributed by atoms with van der Waals surface area (Å²) in [6.07, 6.45) is 0.